The zero-order chi connectivity index (χ0) is 21.4. The number of hydrogen-bond donors (Lipinski definition) is 0. The van der Waals surface area contributed by atoms with Crippen LogP contribution in [0.3, 0.4) is 0 Å². The maximum absolute atomic E-state index is 11.7. The Kier molecular flexibility index (Phi) is 4.99. The number of fused-ring (bicyclic) bond motifs is 3. The van der Waals surface area contributed by atoms with Crippen LogP contribution in [-0.4, -0.2) is 26.3 Å². The van der Waals surface area contributed by atoms with E-state index >= 15 is 0 Å². The van der Waals surface area contributed by atoms with E-state index < -0.39 is 23.8 Å². The zero-order valence-electron chi connectivity index (χ0n) is 16.9. The normalized spacial score (nSPS) is 17.5. The van der Waals surface area contributed by atoms with Crippen molar-refractivity contribution in [2.24, 2.45) is 0 Å². The fourth-order valence-corrected chi connectivity index (χ4v) is 3.42. The van der Waals surface area contributed by atoms with Crippen LogP contribution in [0.15, 0.2) is 45.6 Å². The van der Waals surface area contributed by atoms with Crippen LogP contribution < -0.4 is 29.3 Å². The first-order chi connectivity index (χ1) is 14.4. The number of carbonyl (C=O) groups excluding carboxylic acids is 1. The highest BCUT2D eigenvalue weighted by molar-refractivity contribution is 5.88. The monoisotopic (exact) mass is 412 g/mol. The Bertz CT molecular complexity index is 1180. The molecule has 0 saturated carbocycles. The average molecular weight is 412 g/mol. The van der Waals surface area contributed by atoms with Gasteiger partial charge in [-0.1, -0.05) is 6.07 Å². The summed E-state index contributed by atoms with van der Waals surface area (Å²) in [5.74, 6) is 1.36. The van der Waals surface area contributed by atoms with Gasteiger partial charge in [-0.2, -0.15) is 0 Å². The van der Waals surface area contributed by atoms with Crippen LogP contribution in [-0.2, 0) is 4.79 Å². The first kappa shape index (κ1) is 19.6. The summed E-state index contributed by atoms with van der Waals surface area (Å²) in [5.41, 5.74) is 0.558. The number of rotatable bonds is 4. The molecule has 0 radical (unpaired) electrons. The third-order valence-electron chi connectivity index (χ3n) is 4.75. The minimum atomic E-state index is -0.514. The van der Waals surface area contributed by atoms with Gasteiger partial charge in [-0.05, 0) is 31.2 Å². The van der Waals surface area contributed by atoms with Crippen molar-refractivity contribution in [3.63, 3.8) is 0 Å². The van der Waals surface area contributed by atoms with Gasteiger partial charge in [-0.25, -0.2) is 4.79 Å². The Hall–Kier alpha value is -3.68. The first-order valence-electron chi connectivity index (χ1n) is 9.25. The smallest absolute Gasteiger partial charge is 0.336 e. The second-order valence-corrected chi connectivity index (χ2v) is 6.78. The molecule has 0 aliphatic carbocycles. The average Bonchev–Trinajstić information content (AvgIpc) is 2.73. The van der Waals surface area contributed by atoms with E-state index in [2.05, 4.69) is 0 Å². The zero-order valence-corrected chi connectivity index (χ0v) is 16.9. The Morgan fingerprint density at radius 1 is 0.933 bits per heavy atom. The van der Waals surface area contributed by atoms with Crippen molar-refractivity contribution in [1.82, 2.24) is 0 Å². The fraction of sp³-hybridized carbons (Fsp3) is 0.273. The van der Waals surface area contributed by atoms with Gasteiger partial charge < -0.3 is 28.1 Å². The van der Waals surface area contributed by atoms with Gasteiger partial charge in [0.15, 0.2) is 28.9 Å². The van der Waals surface area contributed by atoms with Crippen molar-refractivity contribution >= 4 is 16.9 Å². The van der Waals surface area contributed by atoms with Gasteiger partial charge >= 0.3 is 11.6 Å². The summed E-state index contributed by atoms with van der Waals surface area (Å²) in [6.45, 7) is 3.16. The molecule has 156 valence electrons. The lowest BCUT2D eigenvalue weighted by atomic mass is 10.0. The molecule has 0 saturated heterocycles. The molecule has 0 bridgehead atoms. The molecular weight excluding hydrogens is 392 g/mol. The molecule has 1 aliphatic heterocycles. The Labute approximate surface area is 171 Å². The van der Waals surface area contributed by atoms with Crippen molar-refractivity contribution in [1.29, 1.82) is 0 Å². The maximum Gasteiger partial charge on any atom is 0.336 e. The van der Waals surface area contributed by atoms with E-state index in [9.17, 15) is 9.59 Å². The topological polar surface area (TPSA) is 93.4 Å². The summed E-state index contributed by atoms with van der Waals surface area (Å²) < 4.78 is 33.7. The summed E-state index contributed by atoms with van der Waals surface area (Å²) in [6, 6.07) is 9.82. The molecule has 8 nitrogen and oxygen atoms in total. The summed E-state index contributed by atoms with van der Waals surface area (Å²) in [7, 11) is 3.01. The highest BCUT2D eigenvalue weighted by atomic mass is 16.6. The Morgan fingerprint density at radius 2 is 1.70 bits per heavy atom. The van der Waals surface area contributed by atoms with Crippen molar-refractivity contribution in [3.05, 3.63) is 52.4 Å². The number of benzene rings is 2. The van der Waals surface area contributed by atoms with Gasteiger partial charge in [-0.15, -0.1) is 0 Å². The molecule has 4 rings (SSSR count). The summed E-state index contributed by atoms with van der Waals surface area (Å²) in [5, 5.41) is 0.659. The summed E-state index contributed by atoms with van der Waals surface area (Å²) >= 11 is 0. The molecule has 2 heterocycles. The minimum Gasteiger partial charge on any atom is -0.493 e. The van der Waals surface area contributed by atoms with Gasteiger partial charge in [0, 0.05) is 23.9 Å². The third-order valence-corrected chi connectivity index (χ3v) is 4.75. The highest BCUT2D eigenvalue weighted by Gasteiger charge is 2.35. The van der Waals surface area contributed by atoms with Crippen molar-refractivity contribution in [3.8, 4) is 28.7 Å². The summed E-state index contributed by atoms with van der Waals surface area (Å²) in [6.07, 6.45) is -0.942. The summed E-state index contributed by atoms with van der Waals surface area (Å²) in [4.78, 5) is 23.0. The van der Waals surface area contributed by atoms with Crippen LogP contribution in [0.2, 0.25) is 0 Å². The van der Waals surface area contributed by atoms with Gasteiger partial charge in [0.05, 0.1) is 14.2 Å². The second-order valence-electron chi connectivity index (χ2n) is 6.78. The number of carbonyl (C=O) groups is 1. The SMILES string of the molecule is COc1cc([C@H]2Oc3c(OC)cc4ccc(=O)oc4c3O[C@H]2C)ccc1OC(C)=O. The van der Waals surface area contributed by atoms with E-state index in [4.69, 9.17) is 28.1 Å². The van der Waals surface area contributed by atoms with E-state index in [-0.39, 0.29) is 0 Å². The van der Waals surface area contributed by atoms with E-state index in [1.807, 2.05) is 6.92 Å². The molecule has 0 amide bonds. The first-order valence-corrected chi connectivity index (χ1v) is 9.25. The molecule has 3 aromatic rings. The lowest BCUT2D eigenvalue weighted by Crippen LogP contribution is -2.31. The number of methoxy groups -OCH3 is 2. The fourth-order valence-electron chi connectivity index (χ4n) is 3.42. The molecule has 30 heavy (non-hydrogen) atoms. The standard InChI is InChI=1S/C22H20O8/c1-11-19(13-5-7-15(28-12(2)23)16(9-13)25-3)30-21-17(26-4)10-14-6-8-18(24)29-20(14)22(21)27-11/h5-11,19H,1-4H3/t11-,19-/m0/s1. The van der Waals surface area contributed by atoms with E-state index in [0.717, 1.165) is 5.56 Å². The van der Waals surface area contributed by atoms with E-state index in [1.54, 1.807) is 30.3 Å². The number of hydrogen-bond acceptors (Lipinski definition) is 8. The third kappa shape index (κ3) is 3.41. The molecule has 0 fully saturated rings. The molecule has 2 aromatic carbocycles. The van der Waals surface area contributed by atoms with Gasteiger partial charge in [0.1, 0.15) is 6.10 Å². The molecule has 2 atom stereocenters. The molecule has 1 aliphatic rings. The molecule has 8 heteroatoms. The van der Waals surface area contributed by atoms with Crippen LogP contribution in [0.5, 0.6) is 28.7 Å². The van der Waals surface area contributed by atoms with Gasteiger partial charge in [0.2, 0.25) is 11.5 Å². The Balaban J connectivity index is 1.78. The number of ether oxygens (including phenoxy) is 5. The maximum atomic E-state index is 11.7. The molecule has 0 spiro atoms. The quantitative estimate of drug-likeness (QED) is 0.364. The molecule has 0 N–H and O–H groups in total. The van der Waals surface area contributed by atoms with Crippen molar-refractivity contribution < 1.29 is 32.9 Å². The largest absolute Gasteiger partial charge is 0.493 e. The predicted molar refractivity (Wildman–Crippen MR) is 107 cm³/mol. The van der Waals surface area contributed by atoms with E-state index in [1.165, 1.54) is 27.2 Å². The van der Waals surface area contributed by atoms with Crippen LogP contribution in [0.1, 0.15) is 25.5 Å². The van der Waals surface area contributed by atoms with Crippen LogP contribution >= 0.6 is 0 Å². The lowest BCUT2D eigenvalue weighted by Gasteiger charge is -2.33. The second kappa shape index (κ2) is 7.62. The van der Waals surface area contributed by atoms with Crippen LogP contribution in [0.4, 0.5) is 0 Å². The van der Waals surface area contributed by atoms with Crippen molar-refractivity contribution in [2.45, 2.75) is 26.1 Å². The molecule has 1 aromatic heterocycles. The molecule has 0 unspecified atom stereocenters. The van der Waals surface area contributed by atoms with Crippen LogP contribution in [0.25, 0.3) is 11.0 Å². The molecular formula is C22H20O8. The van der Waals surface area contributed by atoms with Gasteiger partial charge in [-0.3, -0.25) is 4.79 Å². The minimum absolute atomic E-state index is 0.298. The van der Waals surface area contributed by atoms with Crippen molar-refractivity contribution in [2.75, 3.05) is 14.2 Å². The predicted octanol–water partition coefficient (Wildman–Crippen LogP) is 3.64. The van der Waals surface area contributed by atoms with Gasteiger partial charge in [0.25, 0.3) is 0 Å². The lowest BCUT2D eigenvalue weighted by molar-refractivity contribution is -0.132. The Morgan fingerprint density at radius 3 is 2.40 bits per heavy atom. The highest BCUT2D eigenvalue weighted by Crippen LogP contribution is 2.49. The number of esters is 1. The van der Waals surface area contributed by atoms with E-state index in [0.29, 0.717) is 39.7 Å². The van der Waals surface area contributed by atoms with Crippen LogP contribution in [0, 0.1) is 0 Å².